The lowest BCUT2D eigenvalue weighted by Crippen LogP contribution is -2.37. The molecule has 12 aromatic carbocycles. The van der Waals surface area contributed by atoms with Crippen molar-refractivity contribution < 1.29 is 55.3 Å². The zero-order valence-electron chi connectivity index (χ0n) is 72.3. The smallest absolute Gasteiger partial charge is 0.238 e. The molecule has 121 heavy (non-hydrogen) atoms. The second-order valence-corrected chi connectivity index (χ2v) is 33.3. The number of pyridine rings is 4. The van der Waals surface area contributed by atoms with Gasteiger partial charge in [-0.3, -0.25) is 0 Å². The average molecular weight is 1590 g/mol. The van der Waals surface area contributed by atoms with E-state index < -0.39 is 0 Å². The molecule has 0 amide bonds. The van der Waals surface area contributed by atoms with Crippen molar-refractivity contribution >= 4 is 92.9 Å². The Kier molecular flexibility index (Phi) is 20.8. The molecule has 0 atom stereocenters. The van der Waals surface area contributed by atoms with Crippen LogP contribution in [0, 0.1) is 82.7 Å². The number of hydrogen-bond donors (Lipinski definition) is 0. The van der Waals surface area contributed by atoms with E-state index in [1.54, 1.807) is 4.74 Å². The van der Waals surface area contributed by atoms with Crippen LogP contribution in [-0.4, -0.2) is 0 Å². The quantitative estimate of drug-likeness (QED) is 0.112. The van der Waals surface area contributed by atoms with Gasteiger partial charge in [-0.2, -0.15) is 18.3 Å². The summed E-state index contributed by atoms with van der Waals surface area (Å²) >= 11 is 0. The van der Waals surface area contributed by atoms with Gasteiger partial charge in [0.05, 0.1) is 28.8 Å². The Labute approximate surface area is 706 Å². The van der Waals surface area contributed by atoms with E-state index in [0.29, 0.717) is 5.69 Å². The van der Waals surface area contributed by atoms with Crippen LogP contribution in [0.4, 0.5) is 5.69 Å². The number of fused-ring (bicyclic) bond motifs is 8. The van der Waals surface area contributed by atoms with Gasteiger partial charge in [-0.05, 0) is 209 Å². The fourth-order valence-corrected chi connectivity index (χ4v) is 18.1. The number of benzene rings is 12. The van der Waals surface area contributed by atoms with Gasteiger partial charge in [0.15, 0.2) is 69.0 Å². The summed E-state index contributed by atoms with van der Waals surface area (Å²) in [6, 6.07) is 95.4. The van der Waals surface area contributed by atoms with Crippen molar-refractivity contribution in [2.45, 2.75) is 102 Å². The van der Waals surface area contributed by atoms with Crippen LogP contribution in [0.3, 0.4) is 0 Å². The molecule has 0 aliphatic rings. The fourth-order valence-electron chi connectivity index (χ4n) is 18.1. The SMILES string of the molecule is Cc1c(-c2c3ccccc3o[n+]2C)cc(C(C)(C)C)cc1-[n+]1c(C)ccc2ccccc21.Cc1cc(-c2c3ccccc3o[n+]2C)c(C)c(-[n+]2cc3ccccc3cc2C)c1.Cc1cc(C)c(-[n+]2cc3ccccc3cc2C)c(C)c1-c1c2ccccc2o[n+]1C.[C-]#[N+]c1cc(-c2c3ccccc3o[n+]2C)c(C)c(-[n+]2c(C)ccc3ccccc32)c1. The molecular weight excluding hydrogens is 1490 g/mol. The summed E-state index contributed by atoms with van der Waals surface area (Å²) in [5, 5.41) is 11.8. The van der Waals surface area contributed by atoms with Crippen LogP contribution in [0.15, 0.2) is 303 Å². The van der Waals surface area contributed by atoms with Crippen LogP contribution in [0.2, 0.25) is 0 Å². The molecule has 8 aromatic heterocycles. The van der Waals surface area contributed by atoms with Crippen LogP contribution in [-0.2, 0) is 33.6 Å². The highest BCUT2D eigenvalue weighted by Gasteiger charge is 2.35. The van der Waals surface area contributed by atoms with Crippen molar-refractivity contribution in [3.63, 3.8) is 0 Å². The third-order valence-corrected chi connectivity index (χ3v) is 24.0. The highest BCUT2D eigenvalue weighted by Crippen LogP contribution is 2.40. The lowest BCUT2D eigenvalue weighted by molar-refractivity contribution is -0.832. The van der Waals surface area contributed by atoms with Crippen molar-refractivity contribution in [1.29, 1.82) is 0 Å². The molecule has 594 valence electrons. The summed E-state index contributed by atoms with van der Waals surface area (Å²) in [5.41, 5.74) is 34.8. The Morgan fingerprint density at radius 1 is 0.306 bits per heavy atom. The van der Waals surface area contributed by atoms with Crippen LogP contribution in [0.5, 0.6) is 0 Å². The van der Waals surface area contributed by atoms with E-state index in [4.69, 9.17) is 24.7 Å². The van der Waals surface area contributed by atoms with E-state index in [0.717, 1.165) is 100 Å². The predicted octanol–water partition coefficient (Wildman–Crippen LogP) is 22.7. The number of rotatable bonds is 8. The average Bonchev–Trinajstić information content (AvgIpc) is 1.73. The van der Waals surface area contributed by atoms with Gasteiger partial charge in [-0.1, -0.05) is 130 Å². The second-order valence-electron chi connectivity index (χ2n) is 33.3. The molecule has 0 radical (unpaired) electrons. The minimum absolute atomic E-state index is 0.00829. The van der Waals surface area contributed by atoms with Crippen LogP contribution < -0.4 is 37.2 Å². The highest BCUT2D eigenvalue weighted by molar-refractivity contribution is 5.96. The van der Waals surface area contributed by atoms with Crippen molar-refractivity contribution in [2.24, 2.45) is 28.2 Å². The number of aryl methyl sites for hydroxylation is 11. The first-order chi connectivity index (χ1) is 58.3. The van der Waals surface area contributed by atoms with Crippen molar-refractivity contribution in [3.05, 3.63) is 364 Å². The van der Waals surface area contributed by atoms with Gasteiger partial charge >= 0.3 is 0 Å². The largest absolute Gasteiger partial charge is 0.270 e. The monoisotopic (exact) mass is 1590 g/mol. The Balaban J connectivity index is 0.000000115. The summed E-state index contributed by atoms with van der Waals surface area (Å²) in [6.07, 6.45) is 4.50. The second kappa shape index (κ2) is 31.8. The van der Waals surface area contributed by atoms with Crippen LogP contribution in [0.1, 0.15) is 88.1 Å². The lowest BCUT2D eigenvalue weighted by Gasteiger charge is -2.21. The van der Waals surface area contributed by atoms with Crippen molar-refractivity contribution in [2.75, 3.05) is 0 Å². The minimum Gasteiger partial charge on any atom is -0.238 e. The molecule has 20 aromatic rings. The standard InChI is InChI=1S/C29H30N2O.C27H26N2O.C26H21N3O.C26H24N2O/c1-19-15-16-21-11-7-9-13-25(21)31(19)26-18-22(29(3,4)5)17-24(20(26)2)28-23-12-8-10-14-27(23)32-30(28)6;1-17-14-18(2)26(29-16-22-11-7-6-10-21(22)15-19(29)3)20(4)25(17)27-23-12-8-9-13-24(23)30-28(27)5;1-17-13-14-19-9-5-7-11-23(19)29(17)24-16-20(27-3)15-22(18(24)2)26-21-10-6-8-12-25(21)30-28(26)4;1-17-13-23(26-22-11-7-8-12-25(22)29-27(26)4)19(3)24(14-17)28-16-21-10-6-5-9-20(21)15-18(28)2/h7-18H,1-6H3;6-16H,1-5H3;5-16H,1-2,4H3;5-16H,1-4H3/q4*+2. The molecular formula is C108H101N9O4+8. The topological polar surface area (TPSA) is 88.0 Å². The first kappa shape index (κ1) is 79.1. The summed E-state index contributed by atoms with van der Waals surface area (Å²) in [5.74, 6) is 0. The number of aromatic nitrogens is 8. The van der Waals surface area contributed by atoms with Crippen molar-refractivity contribution in [1.82, 2.24) is 0 Å². The van der Waals surface area contributed by atoms with E-state index in [2.05, 4.69) is 333 Å². The molecule has 0 saturated carbocycles. The number of para-hydroxylation sites is 6. The van der Waals surface area contributed by atoms with E-state index >= 15 is 0 Å². The Hall–Kier alpha value is -14.4. The Morgan fingerprint density at radius 3 is 1.14 bits per heavy atom. The van der Waals surface area contributed by atoms with Gasteiger partial charge in [0.25, 0.3) is 22.8 Å². The molecule has 0 fully saturated rings. The zero-order valence-corrected chi connectivity index (χ0v) is 72.3. The molecule has 0 N–H and O–H groups in total. The van der Waals surface area contributed by atoms with Crippen LogP contribution in [0.25, 0.3) is 160 Å². The van der Waals surface area contributed by atoms with Crippen LogP contribution >= 0.6 is 0 Å². The van der Waals surface area contributed by atoms with E-state index in [9.17, 15) is 0 Å². The first-order valence-corrected chi connectivity index (χ1v) is 41.4. The van der Waals surface area contributed by atoms with Gasteiger partial charge in [0, 0.05) is 132 Å². The highest BCUT2D eigenvalue weighted by atomic mass is 16.5. The maximum absolute atomic E-state index is 7.71. The summed E-state index contributed by atoms with van der Waals surface area (Å²) in [4.78, 5) is 3.78. The zero-order chi connectivity index (χ0) is 84.6. The molecule has 0 bridgehead atoms. The normalized spacial score (nSPS) is 11.5. The van der Waals surface area contributed by atoms with Gasteiger partial charge in [-0.25, -0.2) is 22.9 Å². The number of nitrogens with zero attached hydrogens (tertiary/aromatic N) is 9. The van der Waals surface area contributed by atoms with Gasteiger partial charge < -0.3 is 0 Å². The maximum Gasteiger partial charge on any atom is 0.270 e. The minimum atomic E-state index is 0.00829. The molecule has 0 saturated heterocycles. The van der Waals surface area contributed by atoms with E-state index in [1.165, 1.54) is 122 Å². The molecule has 8 heterocycles. The van der Waals surface area contributed by atoms with E-state index in [-0.39, 0.29) is 5.41 Å². The first-order valence-electron chi connectivity index (χ1n) is 41.4. The number of hydrogen-bond acceptors (Lipinski definition) is 4. The third kappa shape index (κ3) is 14.5. The lowest BCUT2D eigenvalue weighted by atomic mass is 9.83. The van der Waals surface area contributed by atoms with Gasteiger partial charge in [0.2, 0.25) is 56.1 Å². The molecule has 20 rings (SSSR count). The molecule has 13 heteroatoms. The predicted molar refractivity (Wildman–Crippen MR) is 485 cm³/mol. The Morgan fingerprint density at radius 2 is 0.678 bits per heavy atom. The summed E-state index contributed by atoms with van der Waals surface area (Å²) in [7, 11) is 7.87. The Bertz CT molecular complexity index is 7610. The molecule has 0 aliphatic carbocycles. The molecule has 0 unspecified atom stereocenters. The molecule has 0 aliphatic heterocycles. The summed E-state index contributed by atoms with van der Waals surface area (Å²) < 4.78 is 40.8. The van der Waals surface area contributed by atoms with E-state index in [1.807, 2.05) is 115 Å². The molecule has 0 spiro atoms. The summed E-state index contributed by atoms with van der Waals surface area (Å²) in [6.45, 7) is 38.5. The van der Waals surface area contributed by atoms with Gasteiger partial charge in [-0.15, -0.1) is 0 Å². The van der Waals surface area contributed by atoms with Crippen molar-refractivity contribution in [3.8, 4) is 67.8 Å². The van der Waals surface area contributed by atoms with Gasteiger partial charge in [0.1, 0.15) is 21.5 Å². The fraction of sp³-hybridized carbons (Fsp3) is 0.176. The molecule has 13 nitrogen and oxygen atoms in total. The maximum atomic E-state index is 7.71. The third-order valence-electron chi connectivity index (χ3n) is 24.0.